The van der Waals surface area contributed by atoms with Gasteiger partial charge in [-0.25, -0.2) is 9.78 Å². The fraction of sp³-hybridized carbons (Fsp3) is 0.538. The first kappa shape index (κ1) is 16.1. The van der Waals surface area contributed by atoms with Crippen LogP contribution in [-0.4, -0.2) is 29.5 Å². The number of Topliss-reactive ketones (excluding diaryl/α,β-unsaturated/α-hetero) is 1. The zero-order valence-corrected chi connectivity index (χ0v) is 13.0. The Hall–Kier alpha value is -1.94. The van der Waals surface area contributed by atoms with Crippen molar-refractivity contribution in [2.24, 2.45) is 0 Å². The molecule has 20 heavy (non-hydrogen) atoms. The quantitative estimate of drug-likeness (QED) is 0.800. The van der Waals surface area contributed by atoms with E-state index in [2.05, 4.69) is 4.98 Å². The van der Waals surface area contributed by atoms with Gasteiger partial charge in [0.15, 0.2) is 10.9 Å². The normalized spacial score (nSPS) is 10.8. The maximum atomic E-state index is 11.9. The van der Waals surface area contributed by atoms with Gasteiger partial charge in [0, 0.05) is 7.05 Å². The van der Waals surface area contributed by atoms with Crippen molar-refractivity contribution in [3.63, 3.8) is 0 Å². The van der Waals surface area contributed by atoms with Crippen molar-refractivity contribution in [1.29, 1.82) is 5.26 Å². The van der Waals surface area contributed by atoms with Crippen LogP contribution < -0.4 is 4.90 Å². The van der Waals surface area contributed by atoms with E-state index in [1.807, 2.05) is 6.07 Å². The van der Waals surface area contributed by atoms with Crippen molar-refractivity contribution in [2.75, 3.05) is 11.9 Å². The summed E-state index contributed by atoms with van der Waals surface area (Å²) in [6.45, 7) is 6.99. The molecule has 0 aliphatic heterocycles. The number of hydrogen-bond acceptors (Lipinski definition) is 6. The van der Waals surface area contributed by atoms with E-state index in [9.17, 15) is 9.59 Å². The largest absolute Gasteiger partial charge is 0.443 e. The summed E-state index contributed by atoms with van der Waals surface area (Å²) < 4.78 is 5.23. The summed E-state index contributed by atoms with van der Waals surface area (Å²) in [4.78, 5) is 29.5. The summed E-state index contributed by atoms with van der Waals surface area (Å²) in [5.41, 5.74) is -0.0856. The predicted octanol–water partition coefficient (Wildman–Crippen LogP) is 2.92. The van der Waals surface area contributed by atoms with E-state index in [0.29, 0.717) is 15.7 Å². The Morgan fingerprint density at radius 2 is 2.05 bits per heavy atom. The van der Waals surface area contributed by atoms with Crippen molar-refractivity contribution in [2.45, 2.75) is 39.7 Å². The van der Waals surface area contributed by atoms with E-state index >= 15 is 0 Å². The van der Waals surface area contributed by atoms with Gasteiger partial charge in [-0.05, 0) is 27.7 Å². The second kappa shape index (κ2) is 6.01. The smallest absolute Gasteiger partial charge is 0.416 e. The van der Waals surface area contributed by atoms with Gasteiger partial charge in [-0.2, -0.15) is 5.26 Å². The predicted molar refractivity (Wildman–Crippen MR) is 76.0 cm³/mol. The zero-order valence-electron chi connectivity index (χ0n) is 12.2. The Morgan fingerprint density at radius 3 is 2.55 bits per heavy atom. The topological polar surface area (TPSA) is 83.3 Å². The molecule has 0 aliphatic carbocycles. The highest BCUT2D eigenvalue weighted by molar-refractivity contribution is 7.17. The molecule has 0 spiro atoms. The van der Waals surface area contributed by atoms with Crippen LogP contribution in [0.3, 0.4) is 0 Å². The monoisotopic (exact) mass is 295 g/mol. The van der Waals surface area contributed by atoms with Crippen LogP contribution in [0.15, 0.2) is 0 Å². The lowest BCUT2D eigenvalue weighted by Gasteiger charge is -2.23. The highest BCUT2D eigenvalue weighted by Gasteiger charge is 2.24. The highest BCUT2D eigenvalue weighted by atomic mass is 32.1. The molecule has 0 atom stereocenters. The number of aromatic nitrogens is 1. The Kier molecular flexibility index (Phi) is 4.84. The van der Waals surface area contributed by atoms with Gasteiger partial charge in [0.05, 0.1) is 23.1 Å². The molecular weight excluding hydrogens is 278 g/mol. The van der Waals surface area contributed by atoms with Crippen molar-refractivity contribution < 1.29 is 14.3 Å². The van der Waals surface area contributed by atoms with Gasteiger partial charge in [-0.3, -0.25) is 9.69 Å². The molecule has 0 radical (unpaired) electrons. The van der Waals surface area contributed by atoms with E-state index in [-0.39, 0.29) is 12.2 Å². The van der Waals surface area contributed by atoms with Crippen LogP contribution in [0.1, 0.15) is 42.6 Å². The van der Waals surface area contributed by atoms with E-state index in [1.165, 1.54) is 11.9 Å². The molecular formula is C13H17N3O3S. The average Bonchev–Trinajstić information content (AvgIpc) is 2.68. The number of nitrogens with zero attached hydrogens (tertiary/aromatic N) is 3. The van der Waals surface area contributed by atoms with Gasteiger partial charge in [-0.1, -0.05) is 11.3 Å². The molecule has 0 aliphatic rings. The summed E-state index contributed by atoms with van der Waals surface area (Å²) in [5.74, 6) is -0.286. The van der Waals surface area contributed by atoms with Crippen LogP contribution in [0, 0.1) is 18.3 Å². The second-order valence-electron chi connectivity index (χ2n) is 5.21. The molecule has 7 heteroatoms. The fourth-order valence-electron chi connectivity index (χ4n) is 1.34. The number of aryl methyl sites for hydroxylation is 1. The van der Waals surface area contributed by atoms with Crippen molar-refractivity contribution >= 4 is 28.3 Å². The van der Waals surface area contributed by atoms with Gasteiger partial charge < -0.3 is 4.74 Å². The van der Waals surface area contributed by atoms with E-state index in [0.717, 1.165) is 11.3 Å². The number of rotatable bonds is 3. The molecule has 0 unspecified atom stereocenters. The lowest BCUT2D eigenvalue weighted by Crippen LogP contribution is -2.34. The molecule has 0 fully saturated rings. The fourth-order valence-corrected chi connectivity index (χ4v) is 2.30. The standard InChI is InChI=1S/C13H17N3O3S/c1-8-10(9(17)6-7-14)20-11(15-8)16(5)12(18)19-13(2,3)4/h6H2,1-5H3. The lowest BCUT2D eigenvalue weighted by molar-refractivity contribution is 0.0589. The number of amides is 1. The van der Waals surface area contributed by atoms with Gasteiger partial charge in [-0.15, -0.1) is 0 Å². The molecule has 6 nitrogen and oxygen atoms in total. The van der Waals surface area contributed by atoms with Crippen LogP contribution in [0.2, 0.25) is 0 Å². The summed E-state index contributed by atoms with van der Waals surface area (Å²) in [6.07, 6.45) is -0.732. The summed E-state index contributed by atoms with van der Waals surface area (Å²) in [7, 11) is 1.53. The summed E-state index contributed by atoms with van der Waals surface area (Å²) >= 11 is 1.08. The van der Waals surface area contributed by atoms with Gasteiger partial charge >= 0.3 is 6.09 Å². The molecule has 1 heterocycles. The summed E-state index contributed by atoms with van der Waals surface area (Å²) in [6, 6.07) is 1.81. The molecule has 1 amide bonds. The number of ketones is 1. The van der Waals surface area contributed by atoms with E-state index < -0.39 is 11.7 Å². The van der Waals surface area contributed by atoms with E-state index in [1.54, 1.807) is 27.7 Å². The number of nitriles is 1. The first-order chi connectivity index (χ1) is 9.15. The van der Waals surface area contributed by atoms with Gasteiger partial charge in [0.1, 0.15) is 5.60 Å². The first-order valence-corrected chi connectivity index (χ1v) is 6.81. The first-order valence-electron chi connectivity index (χ1n) is 6.00. The molecule has 1 aromatic heterocycles. The molecule has 108 valence electrons. The van der Waals surface area contributed by atoms with Gasteiger partial charge in [0.25, 0.3) is 0 Å². The molecule has 0 saturated heterocycles. The summed E-state index contributed by atoms with van der Waals surface area (Å²) in [5, 5.41) is 8.92. The van der Waals surface area contributed by atoms with Crippen molar-refractivity contribution in [1.82, 2.24) is 4.98 Å². The number of hydrogen-bond donors (Lipinski definition) is 0. The number of ether oxygens (including phenoxy) is 1. The molecule has 1 aromatic rings. The Bertz CT molecular complexity index is 566. The third kappa shape index (κ3) is 4.03. The van der Waals surface area contributed by atoms with Crippen LogP contribution in [-0.2, 0) is 4.74 Å². The molecule has 0 saturated carbocycles. The Morgan fingerprint density at radius 1 is 1.45 bits per heavy atom. The number of carbonyl (C=O) groups is 2. The van der Waals surface area contributed by atoms with Gasteiger partial charge in [0.2, 0.25) is 0 Å². The number of anilines is 1. The minimum atomic E-state index is -0.600. The third-order valence-corrected chi connectivity index (χ3v) is 3.51. The molecule has 0 aromatic carbocycles. The Balaban J connectivity index is 2.93. The van der Waals surface area contributed by atoms with Crippen molar-refractivity contribution in [3.8, 4) is 6.07 Å². The number of thiazole rings is 1. The lowest BCUT2D eigenvalue weighted by atomic mass is 10.2. The molecule has 1 rings (SSSR count). The minimum Gasteiger partial charge on any atom is -0.443 e. The minimum absolute atomic E-state index is 0.196. The Labute approximate surface area is 122 Å². The van der Waals surface area contributed by atoms with Crippen LogP contribution in [0.4, 0.5) is 9.93 Å². The average molecular weight is 295 g/mol. The molecule has 0 bridgehead atoms. The maximum absolute atomic E-state index is 11.9. The number of carbonyl (C=O) groups excluding carboxylic acids is 2. The van der Waals surface area contributed by atoms with Crippen LogP contribution >= 0.6 is 11.3 Å². The van der Waals surface area contributed by atoms with Crippen LogP contribution in [0.5, 0.6) is 0 Å². The van der Waals surface area contributed by atoms with Crippen molar-refractivity contribution in [3.05, 3.63) is 10.6 Å². The third-order valence-electron chi connectivity index (χ3n) is 2.23. The maximum Gasteiger partial charge on any atom is 0.416 e. The molecule has 0 N–H and O–H groups in total. The highest BCUT2D eigenvalue weighted by Crippen LogP contribution is 2.27. The SMILES string of the molecule is Cc1nc(N(C)C(=O)OC(C)(C)C)sc1C(=O)CC#N. The van der Waals surface area contributed by atoms with Crippen LogP contribution in [0.25, 0.3) is 0 Å². The van der Waals surface area contributed by atoms with E-state index in [4.69, 9.17) is 10.00 Å². The second-order valence-corrected chi connectivity index (χ2v) is 6.19. The zero-order chi connectivity index (χ0) is 15.5.